The van der Waals surface area contributed by atoms with Crippen LogP contribution in [0.3, 0.4) is 0 Å². The normalized spacial score (nSPS) is 13.4. The zero-order chi connectivity index (χ0) is 11.8. The molecule has 0 aromatic heterocycles. The van der Waals surface area contributed by atoms with E-state index in [0.717, 1.165) is 22.4 Å². The Hall–Kier alpha value is -2.09. The first-order valence-electron chi connectivity index (χ1n) is 5.73. The minimum Gasteiger partial charge on any atom is -0.325 e. The van der Waals surface area contributed by atoms with Crippen molar-refractivity contribution < 1.29 is 4.79 Å². The van der Waals surface area contributed by atoms with Crippen LogP contribution >= 0.6 is 0 Å². The van der Waals surface area contributed by atoms with Gasteiger partial charge < -0.3 is 5.32 Å². The Balaban J connectivity index is 2.21. The van der Waals surface area contributed by atoms with Crippen LogP contribution in [0.1, 0.15) is 11.1 Å². The standard InChI is InChI=1S/C15H13NO/c1-10-7-8-12(11-5-3-2-4-6-11)15-13(10)9-14(17)16-15/h2-8H,9H2,1H3,(H,16,17). The largest absolute Gasteiger partial charge is 0.325 e. The summed E-state index contributed by atoms with van der Waals surface area (Å²) in [7, 11) is 0. The van der Waals surface area contributed by atoms with Gasteiger partial charge in [-0.2, -0.15) is 0 Å². The van der Waals surface area contributed by atoms with E-state index in [1.807, 2.05) is 25.1 Å². The highest BCUT2D eigenvalue weighted by atomic mass is 16.1. The highest BCUT2D eigenvalue weighted by Crippen LogP contribution is 2.36. The van der Waals surface area contributed by atoms with Gasteiger partial charge in [-0.15, -0.1) is 0 Å². The fourth-order valence-corrected chi connectivity index (χ4v) is 2.33. The predicted octanol–water partition coefficient (Wildman–Crippen LogP) is 3.16. The molecule has 0 atom stereocenters. The van der Waals surface area contributed by atoms with Gasteiger partial charge in [-0.1, -0.05) is 42.5 Å². The van der Waals surface area contributed by atoms with Crippen molar-refractivity contribution in [3.05, 3.63) is 53.6 Å². The Bertz CT molecular complexity index is 587. The van der Waals surface area contributed by atoms with Gasteiger partial charge in [0.25, 0.3) is 0 Å². The average molecular weight is 223 g/mol. The molecule has 0 aliphatic carbocycles. The smallest absolute Gasteiger partial charge is 0.228 e. The monoisotopic (exact) mass is 223 g/mol. The van der Waals surface area contributed by atoms with Crippen molar-refractivity contribution >= 4 is 11.6 Å². The molecule has 1 N–H and O–H groups in total. The second-order valence-electron chi connectivity index (χ2n) is 4.37. The van der Waals surface area contributed by atoms with Gasteiger partial charge in [-0.3, -0.25) is 4.79 Å². The molecule has 1 heterocycles. The van der Waals surface area contributed by atoms with Crippen LogP contribution in [0, 0.1) is 6.92 Å². The van der Waals surface area contributed by atoms with Crippen LogP contribution in [-0.4, -0.2) is 5.91 Å². The zero-order valence-corrected chi connectivity index (χ0v) is 9.66. The second-order valence-corrected chi connectivity index (χ2v) is 4.37. The van der Waals surface area contributed by atoms with E-state index in [1.54, 1.807) is 0 Å². The third kappa shape index (κ3) is 1.62. The summed E-state index contributed by atoms with van der Waals surface area (Å²) in [6, 6.07) is 14.3. The third-order valence-electron chi connectivity index (χ3n) is 3.23. The summed E-state index contributed by atoms with van der Waals surface area (Å²) in [5.74, 6) is 0.0893. The van der Waals surface area contributed by atoms with Gasteiger partial charge in [0, 0.05) is 5.56 Å². The SMILES string of the molecule is Cc1ccc(-c2ccccc2)c2c1CC(=O)N2. The first-order chi connectivity index (χ1) is 8.25. The van der Waals surface area contributed by atoms with E-state index in [0.29, 0.717) is 6.42 Å². The van der Waals surface area contributed by atoms with E-state index < -0.39 is 0 Å². The molecular weight excluding hydrogens is 210 g/mol. The van der Waals surface area contributed by atoms with Crippen molar-refractivity contribution in [2.45, 2.75) is 13.3 Å². The van der Waals surface area contributed by atoms with Gasteiger partial charge in [-0.05, 0) is 23.6 Å². The molecule has 1 aliphatic heterocycles. The molecule has 0 saturated carbocycles. The van der Waals surface area contributed by atoms with E-state index in [1.165, 1.54) is 5.56 Å². The molecule has 0 unspecified atom stereocenters. The van der Waals surface area contributed by atoms with Gasteiger partial charge >= 0.3 is 0 Å². The summed E-state index contributed by atoms with van der Waals surface area (Å²) < 4.78 is 0. The molecule has 1 aliphatic rings. The Morgan fingerprint density at radius 1 is 1.06 bits per heavy atom. The number of hydrogen-bond acceptors (Lipinski definition) is 1. The first kappa shape index (κ1) is 10.1. The van der Waals surface area contributed by atoms with Gasteiger partial charge in [0.05, 0.1) is 12.1 Å². The average Bonchev–Trinajstić information content (AvgIpc) is 2.73. The lowest BCUT2D eigenvalue weighted by Gasteiger charge is -2.10. The molecular formula is C15H13NO. The molecule has 3 rings (SSSR count). The van der Waals surface area contributed by atoms with Crippen molar-refractivity contribution in [1.82, 2.24) is 0 Å². The number of rotatable bonds is 1. The van der Waals surface area contributed by atoms with Crippen LogP contribution in [0.25, 0.3) is 11.1 Å². The molecule has 2 aromatic carbocycles. The number of fused-ring (bicyclic) bond motifs is 1. The molecule has 2 nitrogen and oxygen atoms in total. The second kappa shape index (κ2) is 3.74. The van der Waals surface area contributed by atoms with Gasteiger partial charge in [0.15, 0.2) is 0 Å². The minimum atomic E-state index is 0.0893. The Morgan fingerprint density at radius 3 is 2.59 bits per heavy atom. The molecule has 0 bridgehead atoms. The van der Waals surface area contributed by atoms with Crippen LogP contribution in [0.15, 0.2) is 42.5 Å². The first-order valence-corrected chi connectivity index (χ1v) is 5.73. The fraction of sp³-hybridized carbons (Fsp3) is 0.133. The summed E-state index contributed by atoms with van der Waals surface area (Å²) in [6.07, 6.45) is 0.502. The highest BCUT2D eigenvalue weighted by Gasteiger charge is 2.22. The zero-order valence-electron chi connectivity index (χ0n) is 9.66. The van der Waals surface area contributed by atoms with Crippen molar-refractivity contribution in [2.24, 2.45) is 0 Å². The molecule has 2 aromatic rings. The number of anilines is 1. The van der Waals surface area contributed by atoms with Crippen molar-refractivity contribution in [2.75, 3.05) is 5.32 Å². The van der Waals surface area contributed by atoms with E-state index in [-0.39, 0.29) is 5.91 Å². The van der Waals surface area contributed by atoms with E-state index in [2.05, 4.69) is 29.6 Å². The molecule has 0 fully saturated rings. The van der Waals surface area contributed by atoms with E-state index in [4.69, 9.17) is 0 Å². The van der Waals surface area contributed by atoms with E-state index >= 15 is 0 Å². The number of nitrogens with one attached hydrogen (secondary N) is 1. The lowest BCUT2D eigenvalue weighted by atomic mass is 9.97. The quantitative estimate of drug-likeness (QED) is 0.790. The summed E-state index contributed by atoms with van der Waals surface area (Å²) in [4.78, 5) is 11.5. The van der Waals surface area contributed by atoms with Crippen LogP contribution in [0.4, 0.5) is 5.69 Å². The molecule has 0 radical (unpaired) electrons. The predicted molar refractivity (Wildman–Crippen MR) is 68.9 cm³/mol. The summed E-state index contributed by atoms with van der Waals surface area (Å²) >= 11 is 0. The molecule has 1 amide bonds. The number of amides is 1. The van der Waals surface area contributed by atoms with E-state index in [9.17, 15) is 4.79 Å². The Morgan fingerprint density at radius 2 is 1.82 bits per heavy atom. The third-order valence-corrected chi connectivity index (χ3v) is 3.23. The lowest BCUT2D eigenvalue weighted by Crippen LogP contribution is -2.04. The van der Waals surface area contributed by atoms with Crippen molar-refractivity contribution in [3.63, 3.8) is 0 Å². The van der Waals surface area contributed by atoms with Crippen molar-refractivity contribution in [1.29, 1.82) is 0 Å². The van der Waals surface area contributed by atoms with Crippen molar-refractivity contribution in [3.8, 4) is 11.1 Å². The molecule has 2 heteroatoms. The minimum absolute atomic E-state index is 0.0893. The lowest BCUT2D eigenvalue weighted by molar-refractivity contribution is -0.115. The maximum absolute atomic E-state index is 11.5. The number of benzene rings is 2. The molecule has 0 saturated heterocycles. The number of carbonyl (C=O) groups is 1. The Labute approximate surface area is 100 Å². The Kier molecular flexibility index (Phi) is 2.22. The number of aryl methyl sites for hydroxylation is 1. The van der Waals surface area contributed by atoms with Gasteiger partial charge in [0.2, 0.25) is 5.91 Å². The maximum atomic E-state index is 11.5. The highest BCUT2D eigenvalue weighted by molar-refractivity contribution is 6.04. The van der Waals surface area contributed by atoms with Crippen LogP contribution in [0.5, 0.6) is 0 Å². The van der Waals surface area contributed by atoms with Crippen LogP contribution < -0.4 is 5.32 Å². The summed E-state index contributed by atoms with van der Waals surface area (Å²) in [6.45, 7) is 2.05. The maximum Gasteiger partial charge on any atom is 0.228 e. The summed E-state index contributed by atoms with van der Waals surface area (Å²) in [5.41, 5.74) is 5.55. The number of carbonyl (C=O) groups excluding carboxylic acids is 1. The molecule has 0 spiro atoms. The molecule has 17 heavy (non-hydrogen) atoms. The fourth-order valence-electron chi connectivity index (χ4n) is 2.33. The van der Waals surface area contributed by atoms with Gasteiger partial charge in [-0.25, -0.2) is 0 Å². The van der Waals surface area contributed by atoms with Gasteiger partial charge in [0.1, 0.15) is 0 Å². The number of hydrogen-bond donors (Lipinski definition) is 1. The van der Waals surface area contributed by atoms with Crippen LogP contribution in [0.2, 0.25) is 0 Å². The topological polar surface area (TPSA) is 29.1 Å². The molecule has 84 valence electrons. The summed E-state index contributed by atoms with van der Waals surface area (Å²) in [5, 5.41) is 2.97. The van der Waals surface area contributed by atoms with Crippen LogP contribution in [-0.2, 0) is 11.2 Å².